The van der Waals surface area contributed by atoms with Crippen molar-refractivity contribution < 1.29 is 9.50 Å². The van der Waals surface area contributed by atoms with Crippen molar-refractivity contribution in [2.75, 3.05) is 18.5 Å². The van der Waals surface area contributed by atoms with Gasteiger partial charge >= 0.3 is 0 Å². The minimum atomic E-state index is -0.309. The van der Waals surface area contributed by atoms with E-state index in [-0.39, 0.29) is 29.5 Å². The lowest BCUT2D eigenvalue weighted by atomic mass is 9.79. The second-order valence-corrected chi connectivity index (χ2v) is 9.73. The average molecular weight is 439 g/mol. The normalized spacial score (nSPS) is 17.9. The summed E-state index contributed by atoms with van der Waals surface area (Å²) in [6, 6.07) is 6.82. The lowest BCUT2D eigenvalue weighted by Gasteiger charge is -2.47. The first kappa shape index (κ1) is 22.4. The van der Waals surface area contributed by atoms with Gasteiger partial charge in [-0.25, -0.2) is 19.3 Å². The standard InChI is InChI=1S/C24H31FN6O/c1-23(2)11-16(12-24(3,4)30-23)31-14-20(17-7-5-6-8-18(17)25)29-22(31)21-19(27-9-10-32)13-26-15-28-21/h5-8,13-16,27,30,32H,9-12H2,1-4H3. The van der Waals surface area contributed by atoms with Crippen molar-refractivity contribution in [3.05, 3.63) is 48.8 Å². The Kier molecular flexibility index (Phi) is 6.01. The summed E-state index contributed by atoms with van der Waals surface area (Å²) in [6.07, 6.45) is 6.88. The maximum Gasteiger partial charge on any atom is 0.161 e. The van der Waals surface area contributed by atoms with Crippen molar-refractivity contribution in [3.8, 4) is 22.8 Å². The van der Waals surface area contributed by atoms with Crippen LogP contribution in [0.1, 0.15) is 46.6 Å². The number of nitrogens with one attached hydrogen (secondary N) is 2. The smallest absolute Gasteiger partial charge is 0.161 e. The van der Waals surface area contributed by atoms with Gasteiger partial charge in [-0.2, -0.15) is 0 Å². The molecule has 3 heterocycles. The Morgan fingerprint density at radius 1 is 1.19 bits per heavy atom. The van der Waals surface area contributed by atoms with Crippen LogP contribution in [0.5, 0.6) is 0 Å². The predicted octanol–water partition coefficient (Wildman–Crippen LogP) is 4.03. The molecule has 32 heavy (non-hydrogen) atoms. The monoisotopic (exact) mass is 438 g/mol. The van der Waals surface area contributed by atoms with Crippen LogP contribution >= 0.6 is 0 Å². The van der Waals surface area contributed by atoms with E-state index >= 15 is 0 Å². The second kappa shape index (κ2) is 8.60. The maximum absolute atomic E-state index is 14.6. The fourth-order valence-corrected chi connectivity index (χ4v) is 4.94. The van der Waals surface area contributed by atoms with Gasteiger partial charge in [0.05, 0.1) is 24.2 Å². The quantitative estimate of drug-likeness (QED) is 0.539. The topological polar surface area (TPSA) is 87.9 Å². The van der Waals surface area contributed by atoms with E-state index < -0.39 is 0 Å². The molecule has 0 atom stereocenters. The van der Waals surface area contributed by atoms with Gasteiger partial charge in [0.1, 0.15) is 17.8 Å². The third-order valence-corrected chi connectivity index (χ3v) is 5.80. The van der Waals surface area contributed by atoms with Crippen LogP contribution in [0.15, 0.2) is 43.0 Å². The number of rotatable bonds is 6. The fraction of sp³-hybridized carbons (Fsp3) is 0.458. The SMILES string of the molecule is CC1(C)CC(n2cc(-c3ccccc3F)nc2-c2ncncc2NCCO)CC(C)(C)N1. The van der Waals surface area contributed by atoms with Gasteiger partial charge in [-0.1, -0.05) is 12.1 Å². The molecule has 3 aromatic rings. The van der Waals surface area contributed by atoms with Crippen molar-refractivity contribution >= 4 is 5.69 Å². The number of aromatic nitrogens is 4. The summed E-state index contributed by atoms with van der Waals surface area (Å²) < 4.78 is 16.8. The zero-order valence-electron chi connectivity index (χ0n) is 19.1. The number of aliphatic hydroxyl groups excluding tert-OH is 1. The van der Waals surface area contributed by atoms with Gasteiger partial charge in [0.2, 0.25) is 0 Å². The number of hydrogen-bond donors (Lipinski definition) is 3. The molecule has 0 radical (unpaired) electrons. The minimum Gasteiger partial charge on any atom is -0.395 e. The summed E-state index contributed by atoms with van der Waals surface area (Å²) in [5.74, 6) is 0.348. The molecule has 7 nitrogen and oxygen atoms in total. The van der Waals surface area contributed by atoms with E-state index in [1.165, 1.54) is 12.4 Å². The van der Waals surface area contributed by atoms with E-state index in [1.54, 1.807) is 18.3 Å². The maximum atomic E-state index is 14.6. The van der Waals surface area contributed by atoms with Crippen LogP contribution in [0, 0.1) is 5.82 Å². The average Bonchev–Trinajstić information content (AvgIpc) is 3.15. The highest BCUT2D eigenvalue weighted by molar-refractivity contribution is 5.72. The lowest BCUT2D eigenvalue weighted by molar-refractivity contribution is 0.133. The zero-order chi connectivity index (χ0) is 22.9. The summed E-state index contributed by atoms with van der Waals surface area (Å²) in [4.78, 5) is 13.5. The Morgan fingerprint density at radius 3 is 2.59 bits per heavy atom. The predicted molar refractivity (Wildman–Crippen MR) is 124 cm³/mol. The molecule has 3 N–H and O–H groups in total. The zero-order valence-corrected chi connectivity index (χ0v) is 19.1. The molecule has 1 aliphatic heterocycles. The van der Waals surface area contributed by atoms with Gasteiger partial charge in [0, 0.05) is 35.4 Å². The van der Waals surface area contributed by atoms with E-state index in [0.717, 1.165) is 12.8 Å². The number of imidazole rings is 1. The summed E-state index contributed by atoms with van der Waals surface area (Å²) in [7, 11) is 0. The third kappa shape index (κ3) is 4.66. The minimum absolute atomic E-state index is 0.0140. The molecule has 0 unspecified atom stereocenters. The van der Waals surface area contributed by atoms with Crippen LogP contribution in [-0.2, 0) is 0 Å². The van der Waals surface area contributed by atoms with Gasteiger partial charge in [0.15, 0.2) is 5.82 Å². The van der Waals surface area contributed by atoms with Crippen molar-refractivity contribution in [2.45, 2.75) is 57.7 Å². The van der Waals surface area contributed by atoms with E-state index in [1.807, 2.05) is 12.3 Å². The van der Waals surface area contributed by atoms with Gasteiger partial charge in [-0.3, -0.25) is 0 Å². The number of aliphatic hydroxyl groups is 1. The number of anilines is 1. The fourth-order valence-electron chi connectivity index (χ4n) is 4.94. The van der Waals surface area contributed by atoms with Crippen LogP contribution < -0.4 is 10.6 Å². The van der Waals surface area contributed by atoms with Gasteiger partial charge in [-0.05, 0) is 52.7 Å². The van der Waals surface area contributed by atoms with E-state index in [9.17, 15) is 9.50 Å². The van der Waals surface area contributed by atoms with Gasteiger partial charge < -0.3 is 20.3 Å². The molecule has 1 saturated heterocycles. The second-order valence-electron chi connectivity index (χ2n) is 9.73. The Balaban J connectivity index is 1.87. The molecule has 0 spiro atoms. The first-order chi connectivity index (χ1) is 15.2. The molecule has 0 saturated carbocycles. The summed E-state index contributed by atoms with van der Waals surface area (Å²) in [6.45, 7) is 9.17. The molecule has 1 aliphatic rings. The summed E-state index contributed by atoms with van der Waals surface area (Å²) in [5.41, 5.74) is 2.19. The molecule has 170 valence electrons. The summed E-state index contributed by atoms with van der Waals surface area (Å²) in [5, 5.41) is 16.2. The first-order valence-electron chi connectivity index (χ1n) is 11.0. The molecular formula is C24H31FN6O. The Labute approximate surface area is 188 Å². The van der Waals surface area contributed by atoms with Crippen molar-refractivity contribution in [3.63, 3.8) is 0 Å². The molecule has 2 aromatic heterocycles. The number of piperidine rings is 1. The highest BCUT2D eigenvalue weighted by Gasteiger charge is 2.39. The lowest BCUT2D eigenvalue weighted by Crippen LogP contribution is -2.57. The van der Waals surface area contributed by atoms with Gasteiger partial charge in [0.25, 0.3) is 0 Å². The largest absolute Gasteiger partial charge is 0.395 e. The van der Waals surface area contributed by atoms with E-state index in [0.29, 0.717) is 35.0 Å². The molecule has 4 rings (SSSR count). The van der Waals surface area contributed by atoms with Crippen LogP contribution in [0.4, 0.5) is 10.1 Å². The van der Waals surface area contributed by atoms with Crippen LogP contribution in [0.2, 0.25) is 0 Å². The van der Waals surface area contributed by atoms with Crippen molar-refractivity contribution in [1.82, 2.24) is 24.8 Å². The molecule has 8 heteroatoms. The van der Waals surface area contributed by atoms with Crippen molar-refractivity contribution in [1.29, 1.82) is 0 Å². The Hall–Kier alpha value is -2.84. The van der Waals surface area contributed by atoms with Crippen molar-refractivity contribution in [2.24, 2.45) is 0 Å². The first-order valence-corrected chi connectivity index (χ1v) is 11.0. The highest BCUT2D eigenvalue weighted by Crippen LogP contribution is 2.40. The molecule has 0 bridgehead atoms. The van der Waals surface area contributed by atoms with Crippen LogP contribution in [0.3, 0.4) is 0 Å². The Morgan fingerprint density at radius 2 is 1.91 bits per heavy atom. The number of nitrogens with zero attached hydrogens (tertiary/aromatic N) is 4. The Bertz CT molecular complexity index is 1080. The molecule has 1 fully saturated rings. The molecular weight excluding hydrogens is 407 g/mol. The third-order valence-electron chi connectivity index (χ3n) is 5.80. The number of hydrogen-bond acceptors (Lipinski definition) is 6. The highest BCUT2D eigenvalue weighted by atomic mass is 19.1. The van der Waals surface area contributed by atoms with Gasteiger partial charge in [-0.15, -0.1) is 0 Å². The van der Waals surface area contributed by atoms with Crippen LogP contribution in [0.25, 0.3) is 22.8 Å². The van der Waals surface area contributed by atoms with Crippen LogP contribution in [-0.4, -0.2) is 48.9 Å². The number of benzene rings is 1. The molecule has 1 aromatic carbocycles. The van der Waals surface area contributed by atoms with E-state index in [2.05, 4.69) is 52.9 Å². The molecule has 0 aliphatic carbocycles. The number of halogens is 1. The van der Waals surface area contributed by atoms with E-state index in [4.69, 9.17) is 4.98 Å². The molecule has 0 amide bonds. The summed E-state index contributed by atoms with van der Waals surface area (Å²) >= 11 is 0.